The van der Waals surface area contributed by atoms with Crippen molar-refractivity contribution in [3.63, 3.8) is 0 Å². The number of ether oxygens (including phenoxy) is 1. The van der Waals surface area contributed by atoms with E-state index >= 15 is 0 Å². The van der Waals surface area contributed by atoms with Crippen molar-refractivity contribution in [1.82, 2.24) is 4.90 Å². The molecule has 0 radical (unpaired) electrons. The lowest BCUT2D eigenvalue weighted by atomic mass is 10.2. The molecule has 2 aliphatic heterocycles. The third-order valence-corrected chi connectivity index (χ3v) is 3.53. The molecule has 0 aromatic rings. The Morgan fingerprint density at radius 3 is 1.40 bits per heavy atom. The van der Waals surface area contributed by atoms with Gasteiger partial charge in [-0.25, -0.2) is 9.59 Å². The quantitative estimate of drug-likeness (QED) is 0.358. The molecule has 7 heteroatoms. The van der Waals surface area contributed by atoms with Crippen LogP contribution in [0.3, 0.4) is 0 Å². The number of amides is 2. The van der Waals surface area contributed by atoms with Gasteiger partial charge in [0.25, 0.3) is 11.8 Å². The molecule has 2 rings (SSSR count). The van der Waals surface area contributed by atoms with Crippen LogP contribution in [0, 0.1) is 0 Å². The summed E-state index contributed by atoms with van der Waals surface area (Å²) < 4.78 is 4.23. The van der Waals surface area contributed by atoms with Gasteiger partial charge in [0.05, 0.1) is 0 Å². The van der Waals surface area contributed by atoms with Crippen molar-refractivity contribution in [2.45, 2.75) is 27.7 Å². The van der Waals surface area contributed by atoms with Gasteiger partial charge in [0.1, 0.15) is 0 Å². The number of hydrogen-bond acceptors (Lipinski definition) is 6. The van der Waals surface area contributed by atoms with Gasteiger partial charge in [-0.2, -0.15) is 0 Å². The fraction of sp³-hybridized carbons (Fsp3) is 0.333. The minimum Gasteiger partial charge on any atom is -0.386 e. The van der Waals surface area contributed by atoms with Gasteiger partial charge in [-0.15, -0.1) is 13.2 Å². The first-order valence-electron chi connectivity index (χ1n) is 7.53. The SMILES string of the molecule is C=CCN.C=CCN1C(=O)C(C)=C(C)C1=O.CC1=C(C)C(=O)OC1=O. The van der Waals surface area contributed by atoms with Gasteiger partial charge in [-0.05, 0) is 27.7 Å². The third kappa shape index (κ3) is 5.65. The number of cyclic esters (lactones) is 2. The largest absolute Gasteiger partial charge is 0.386 e. The summed E-state index contributed by atoms with van der Waals surface area (Å²) in [6.45, 7) is 14.2. The monoisotopic (exact) mass is 348 g/mol. The lowest BCUT2D eigenvalue weighted by Crippen LogP contribution is -2.31. The summed E-state index contributed by atoms with van der Waals surface area (Å²) in [7, 11) is 0. The lowest BCUT2D eigenvalue weighted by molar-refractivity contribution is -0.151. The number of carbonyl (C=O) groups excluding carboxylic acids is 4. The molecule has 136 valence electrons. The number of nitrogens with zero attached hydrogens (tertiary/aromatic N) is 1. The molecular formula is C18H24N2O5. The fourth-order valence-electron chi connectivity index (χ4n) is 1.66. The molecule has 0 unspecified atom stereocenters. The maximum atomic E-state index is 11.3. The second kappa shape index (κ2) is 10.1. The summed E-state index contributed by atoms with van der Waals surface area (Å²) in [6, 6.07) is 0. The average molecular weight is 348 g/mol. The van der Waals surface area contributed by atoms with Crippen LogP contribution in [0.1, 0.15) is 27.7 Å². The van der Waals surface area contributed by atoms with Gasteiger partial charge in [0, 0.05) is 35.4 Å². The number of carbonyl (C=O) groups is 4. The van der Waals surface area contributed by atoms with E-state index in [0.717, 1.165) is 0 Å². The maximum absolute atomic E-state index is 11.3. The molecule has 0 bridgehead atoms. The molecule has 0 atom stereocenters. The van der Waals surface area contributed by atoms with Crippen molar-refractivity contribution in [3.05, 3.63) is 47.6 Å². The first-order chi connectivity index (χ1) is 11.6. The Morgan fingerprint density at radius 1 is 0.840 bits per heavy atom. The highest BCUT2D eigenvalue weighted by molar-refractivity contribution is 6.18. The molecule has 0 saturated carbocycles. The summed E-state index contributed by atoms with van der Waals surface area (Å²) in [5, 5.41) is 0. The van der Waals surface area contributed by atoms with E-state index in [1.165, 1.54) is 4.90 Å². The van der Waals surface area contributed by atoms with Crippen LogP contribution in [0.15, 0.2) is 47.6 Å². The van der Waals surface area contributed by atoms with Gasteiger partial charge in [-0.3, -0.25) is 14.5 Å². The van der Waals surface area contributed by atoms with E-state index in [0.29, 0.717) is 35.4 Å². The van der Waals surface area contributed by atoms with Gasteiger partial charge in [0.2, 0.25) is 0 Å². The molecule has 0 aromatic heterocycles. The van der Waals surface area contributed by atoms with Crippen LogP contribution < -0.4 is 5.73 Å². The van der Waals surface area contributed by atoms with E-state index in [-0.39, 0.29) is 11.8 Å². The number of rotatable bonds is 3. The van der Waals surface area contributed by atoms with Crippen LogP contribution in [0.4, 0.5) is 0 Å². The molecule has 2 aliphatic rings. The summed E-state index contributed by atoms with van der Waals surface area (Å²) in [5.41, 5.74) is 6.83. The zero-order valence-electron chi connectivity index (χ0n) is 15.0. The molecule has 7 nitrogen and oxygen atoms in total. The Hall–Kier alpha value is -2.80. The molecule has 0 saturated heterocycles. The third-order valence-electron chi connectivity index (χ3n) is 3.53. The van der Waals surface area contributed by atoms with Crippen LogP contribution in [0.25, 0.3) is 0 Å². The van der Waals surface area contributed by atoms with Crippen LogP contribution in [-0.2, 0) is 23.9 Å². The Bertz CT molecular complexity index is 625. The minimum absolute atomic E-state index is 0.197. The smallest absolute Gasteiger partial charge is 0.342 e. The molecule has 0 aliphatic carbocycles. The number of nitrogens with two attached hydrogens (primary N) is 1. The molecule has 2 amide bonds. The van der Waals surface area contributed by atoms with Crippen LogP contribution >= 0.6 is 0 Å². The summed E-state index contributed by atoms with van der Waals surface area (Å²) in [5.74, 6) is -1.43. The highest BCUT2D eigenvalue weighted by Gasteiger charge is 2.31. The van der Waals surface area contributed by atoms with E-state index in [1.807, 2.05) is 0 Å². The van der Waals surface area contributed by atoms with Crippen molar-refractivity contribution in [2.24, 2.45) is 5.73 Å². The fourth-order valence-corrected chi connectivity index (χ4v) is 1.66. The van der Waals surface area contributed by atoms with Gasteiger partial charge in [0.15, 0.2) is 0 Å². The molecule has 0 spiro atoms. The Balaban J connectivity index is 0.000000391. The van der Waals surface area contributed by atoms with Crippen molar-refractivity contribution < 1.29 is 23.9 Å². The van der Waals surface area contributed by atoms with Gasteiger partial charge >= 0.3 is 11.9 Å². The minimum atomic E-state index is -0.516. The maximum Gasteiger partial charge on any atom is 0.342 e. The summed E-state index contributed by atoms with van der Waals surface area (Å²) in [4.78, 5) is 44.8. The average Bonchev–Trinajstić information content (AvgIpc) is 2.93. The molecule has 0 aromatic carbocycles. The Morgan fingerprint density at radius 2 is 1.20 bits per heavy atom. The number of imide groups is 1. The second-order valence-electron chi connectivity index (χ2n) is 5.21. The van der Waals surface area contributed by atoms with E-state index in [1.54, 1.807) is 39.8 Å². The molecular weight excluding hydrogens is 324 g/mol. The van der Waals surface area contributed by atoms with E-state index in [4.69, 9.17) is 5.73 Å². The van der Waals surface area contributed by atoms with Crippen LogP contribution in [0.5, 0.6) is 0 Å². The standard InChI is InChI=1S/C9H11NO2.C6H6O3.C3H7N/c1-4-5-10-8(11)6(2)7(3)9(10)12;1-3-4(2)6(8)9-5(3)7;1-2-3-4/h4H,1,5H2,2-3H3;1-2H3;2H,1,3-4H2. The lowest BCUT2D eigenvalue weighted by Gasteiger charge is -2.10. The molecule has 25 heavy (non-hydrogen) atoms. The second-order valence-corrected chi connectivity index (χ2v) is 5.21. The van der Waals surface area contributed by atoms with Crippen molar-refractivity contribution in [1.29, 1.82) is 0 Å². The van der Waals surface area contributed by atoms with Gasteiger partial charge < -0.3 is 10.5 Å². The van der Waals surface area contributed by atoms with Crippen LogP contribution in [0.2, 0.25) is 0 Å². The molecule has 0 fully saturated rings. The number of esters is 2. The van der Waals surface area contributed by atoms with E-state index in [9.17, 15) is 19.2 Å². The molecule has 2 N–H and O–H groups in total. The Labute approximate surface area is 147 Å². The number of hydrogen-bond donors (Lipinski definition) is 1. The first-order valence-corrected chi connectivity index (χ1v) is 7.53. The van der Waals surface area contributed by atoms with E-state index < -0.39 is 11.9 Å². The van der Waals surface area contributed by atoms with Crippen molar-refractivity contribution in [3.8, 4) is 0 Å². The highest BCUT2D eigenvalue weighted by Crippen LogP contribution is 2.19. The van der Waals surface area contributed by atoms with Gasteiger partial charge in [-0.1, -0.05) is 12.2 Å². The Kier molecular flexibility index (Phi) is 9.01. The zero-order chi connectivity index (χ0) is 19.7. The first kappa shape index (κ1) is 22.2. The summed E-state index contributed by atoms with van der Waals surface area (Å²) >= 11 is 0. The normalized spacial score (nSPS) is 16.3. The van der Waals surface area contributed by atoms with E-state index in [2.05, 4.69) is 17.9 Å². The van der Waals surface area contributed by atoms with Crippen molar-refractivity contribution in [2.75, 3.05) is 13.1 Å². The predicted molar refractivity (Wildman–Crippen MR) is 94.0 cm³/mol. The highest BCUT2D eigenvalue weighted by atomic mass is 16.6. The van der Waals surface area contributed by atoms with Crippen LogP contribution in [-0.4, -0.2) is 41.7 Å². The summed E-state index contributed by atoms with van der Waals surface area (Å²) in [6.07, 6.45) is 3.20. The topological polar surface area (TPSA) is 107 Å². The predicted octanol–water partition coefficient (Wildman–Crippen LogP) is 1.41. The zero-order valence-corrected chi connectivity index (χ0v) is 15.0. The molecule has 2 heterocycles. The van der Waals surface area contributed by atoms with Crippen molar-refractivity contribution >= 4 is 23.8 Å².